The lowest BCUT2D eigenvalue weighted by atomic mass is 10.0. The molecule has 1 saturated heterocycles. The number of hydrogen-bond donors (Lipinski definition) is 1. The van der Waals surface area contributed by atoms with Crippen molar-refractivity contribution in [3.05, 3.63) is 29.8 Å². The minimum absolute atomic E-state index is 0.0669. The molecule has 1 amide bonds. The minimum atomic E-state index is -0.318. The third-order valence-corrected chi connectivity index (χ3v) is 3.85. The number of benzene rings is 1. The summed E-state index contributed by atoms with van der Waals surface area (Å²) in [5.41, 5.74) is 1.19. The molecule has 0 aromatic heterocycles. The van der Waals surface area contributed by atoms with Crippen LogP contribution in [0.3, 0.4) is 0 Å². The highest BCUT2D eigenvalue weighted by Gasteiger charge is 2.24. The summed E-state index contributed by atoms with van der Waals surface area (Å²) in [5.74, 6) is 0. The van der Waals surface area contributed by atoms with E-state index in [2.05, 4.69) is 38.2 Å². The molecule has 0 saturated carbocycles. The van der Waals surface area contributed by atoms with E-state index in [1.807, 2.05) is 23.9 Å². The van der Waals surface area contributed by atoms with E-state index in [9.17, 15) is 4.79 Å². The number of ether oxygens (including phenoxy) is 1. The third-order valence-electron chi connectivity index (χ3n) is 2.64. The van der Waals surface area contributed by atoms with Crippen LogP contribution in [0.4, 0.5) is 4.79 Å². The molecule has 1 aromatic carbocycles. The molecule has 0 aliphatic carbocycles. The van der Waals surface area contributed by atoms with Gasteiger partial charge in [0.25, 0.3) is 0 Å². The van der Waals surface area contributed by atoms with Crippen molar-refractivity contribution in [2.45, 2.75) is 42.9 Å². The number of rotatable bonds is 2. The number of carbonyl (C=O) groups excluding carboxylic acids is 1. The lowest BCUT2D eigenvalue weighted by Gasteiger charge is -2.27. The van der Waals surface area contributed by atoms with E-state index in [0.717, 1.165) is 6.42 Å². The number of hydrogen-bond acceptors (Lipinski definition) is 3. The average Bonchev–Trinajstić information content (AvgIpc) is 2.27. The molecule has 1 fully saturated rings. The van der Waals surface area contributed by atoms with E-state index in [0.29, 0.717) is 6.61 Å². The lowest BCUT2D eigenvalue weighted by Crippen LogP contribution is -2.35. The Morgan fingerprint density at radius 1 is 1.33 bits per heavy atom. The number of carbonyl (C=O) groups is 1. The molecule has 1 aliphatic rings. The topological polar surface area (TPSA) is 38.3 Å². The molecule has 1 heterocycles. The predicted molar refractivity (Wildman–Crippen MR) is 73.9 cm³/mol. The summed E-state index contributed by atoms with van der Waals surface area (Å²) in [7, 11) is 0. The Morgan fingerprint density at radius 3 is 2.72 bits per heavy atom. The molecule has 0 bridgehead atoms. The first-order valence-electron chi connectivity index (χ1n) is 6.17. The van der Waals surface area contributed by atoms with Crippen molar-refractivity contribution in [1.29, 1.82) is 0 Å². The molecule has 1 atom stereocenters. The minimum Gasteiger partial charge on any atom is -0.449 e. The Balaban J connectivity index is 2.24. The first-order chi connectivity index (χ1) is 8.46. The summed E-state index contributed by atoms with van der Waals surface area (Å²) in [5, 5.41) is 2.88. The quantitative estimate of drug-likeness (QED) is 0.828. The average molecular weight is 265 g/mol. The van der Waals surface area contributed by atoms with Gasteiger partial charge in [-0.3, -0.25) is 0 Å². The van der Waals surface area contributed by atoms with Crippen LogP contribution in [-0.4, -0.2) is 17.4 Å². The van der Waals surface area contributed by atoms with Crippen molar-refractivity contribution in [3.63, 3.8) is 0 Å². The Hall–Kier alpha value is -1.16. The Morgan fingerprint density at radius 2 is 2.06 bits per heavy atom. The predicted octanol–water partition coefficient (Wildman–Crippen LogP) is 3.75. The third kappa shape index (κ3) is 3.42. The highest BCUT2D eigenvalue weighted by Crippen LogP contribution is 2.37. The van der Waals surface area contributed by atoms with Gasteiger partial charge in [-0.1, -0.05) is 39.0 Å². The molecule has 4 heteroatoms. The Bertz CT molecular complexity index is 440. The van der Waals surface area contributed by atoms with Gasteiger partial charge in [-0.05, 0) is 11.6 Å². The first-order valence-corrected chi connectivity index (χ1v) is 6.98. The van der Waals surface area contributed by atoms with Gasteiger partial charge in [0, 0.05) is 16.1 Å². The molecule has 2 rings (SSSR count). The molecule has 1 aromatic rings. The monoisotopic (exact) mass is 265 g/mol. The second kappa shape index (κ2) is 5.22. The highest BCUT2D eigenvalue weighted by atomic mass is 32.2. The maximum Gasteiger partial charge on any atom is 0.407 e. The number of nitrogens with one attached hydrogen (secondary N) is 1. The van der Waals surface area contributed by atoms with Gasteiger partial charge in [-0.2, -0.15) is 0 Å². The summed E-state index contributed by atoms with van der Waals surface area (Å²) >= 11 is 1.83. The smallest absolute Gasteiger partial charge is 0.407 e. The normalized spacial score (nSPS) is 20.2. The summed E-state index contributed by atoms with van der Waals surface area (Å²) in [4.78, 5) is 12.5. The van der Waals surface area contributed by atoms with Gasteiger partial charge in [0.1, 0.15) is 0 Å². The van der Waals surface area contributed by atoms with Crippen molar-refractivity contribution < 1.29 is 9.53 Å². The fourth-order valence-corrected chi connectivity index (χ4v) is 3.08. The SMILES string of the molecule is CC(C)(C)Sc1ccccc1[C@H]1CCOC(=O)N1. The Kier molecular flexibility index (Phi) is 3.85. The van der Waals surface area contributed by atoms with E-state index in [1.54, 1.807) is 0 Å². The maximum absolute atomic E-state index is 11.3. The number of thioether (sulfide) groups is 1. The zero-order chi connectivity index (χ0) is 13.2. The van der Waals surface area contributed by atoms with E-state index >= 15 is 0 Å². The maximum atomic E-state index is 11.3. The molecule has 18 heavy (non-hydrogen) atoms. The van der Waals surface area contributed by atoms with Crippen LogP contribution in [0, 0.1) is 0 Å². The van der Waals surface area contributed by atoms with Crippen LogP contribution in [0.1, 0.15) is 38.8 Å². The molecular formula is C14H19NO2S. The van der Waals surface area contributed by atoms with Gasteiger partial charge in [-0.25, -0.2) is 4.79 Å². The van der Waals surface area contributed by atoms with Crippen LogP contribution in [0.15, 0.2) is 29.2 Å². The lowest BCUT2D eigenvalue weighted by molar-refractivity contribution is 0.115. The molecule has 0 spiro atoms. The largest absolute Gasteiger partial charge is 0.449 e. The van der Waals surface area contributed by atoms with Crippen molar-refractivity contribution in [2.24, 2.45) is 0 Å². The molecular weight excluding hydrogens is 246 g/mol. The molecule has 3 nitrogen and oxygen atoms in total. The Labute approximate surface area is 112 Å². The summed E-state index contributed by atoms with van der Waals surface area (Å²) in [6.45, 7) is 7.07. The van der Waals surface area contributed by atoms with Gasteiger partial charge < -0.3 is 10.1 Å². The van der Waals surface area contributed by atoms with E-state index in [1.165, 1.54) is 10.5 Å². The van der Waals surface area contributed by atoms with Crippen LogP contribution in [0.5, 0.6) is 0 Å². The number of alkyl carbamates (subject to hydrolysis) is 1. The fourth-order valence-electron chi connectivity index (χ4n) is 1.95. The van der Waals surface area contributed by atoms with Crippen molar-refractivity contribution >= 4 is 17.9 Å². The second-order valence-electron chi connectivity index (χ2n) is 5.37. The van der Waals surface area contributed by atoms with Crippen LogP contribution >= 0.6 is 11.8 Å². The van der Waals surface area contributed by atoms with Crippen LogP contribution in [0.25, 0.3) is 0 Å². The fraction of sp³-hybridized carbons (Fsp3) is 0.500. The van der Waals surface area contributed by atoms with Crippen LogP contribution < -0.4 is 5.32 Å². The standard InChI is InChI=1S/C14H19NO2S/c1-14(2,3)18-12-7-5-4-6-10(12)11-8-9-17-13(16)15-11/h4-7,11H,8-9H2,1-3H3,(H,15,16)/t11-/m1/s1. The molecule has 1 aliphatic heterocycles. The summed E-state index contributed by atoms with van der Waals surface area (Å²) in [6.07, 6.45) is 0.509. The molecule has 98 valence electrons. The molecule has 0 unspecified atom stereocenters. The van der Waals surface area contributed by atoms with E-state index < -0.39 is 0 Å². The van der Waals surface area contributed by atoms with Crippen molar-refractivity contribution in [2.75, 3.05) is 6.61 Å². The van der Waals surface area contributed by atoms with Crippen LogP contribution in [0.2, 0.25) is 0 Å². The van der Waals surface area contributed by atoms with E-state index in [-0.39, 0.29) is 16.9 Å². The van der Waals surface area contributed by atoms with Crippen LogP contribution in [-0.2, 0) is 4.74 Å². The number of cyclic esters (lactones) is 1. The van der Waals surface area contributed by atoms with Gasteiger partial charge in [0.2, 0.25) is 0 Å². The van der Waals surface area contributed by atoms with E-state index in [4.69, 9.17) is 4.74 Å². The summed E-state index contributed by atoms with van der Waals surface area (Å²) in [6, 6.07) is 8.33. The molecule has 1 N–H and O–H groups in total. The van der Waals surface area contributed by atoms with Crippen molar-refractivity contribution in [1.82, 2.24) is 5.32 Å². The number of amides is 1. The summed E-state index contributed by atoms with van der Waals surface area (Å²) < 4.78 is 5.07. The van der Waals surface area contributed by atoms with Gasteiger partial charge in [0.05, 0.1) is 12.6 Å². The zero-order valence-electron chi connectivity index (χ0n) is 11.0. The van der Waals surface area contributed by atoms with Gasteiger partial charge in [0.15, 0.2) is 0 Å². The highest BCUT2D eigenvalue weighted by molar-refractivity contribution is 8.00. The van der Waals surface area contributed by atoms with Crippen molar-refractivity contribution in [3.8, 4) is 0 Å². The zero-order valence-corrected chi connectivity index (χ0v) is 11.8. The molecule has 0 radical (unpaired) electrons. The van der Waals surface area contributed by atoms with Gasteiger partial charge in [-0.15, -0.1) is 11.8 Å². The van der Waals surface area contributed by atoms with Gasteiger partial charge >= 0.3 is 6.09 Å². The second-order valence-corrected chi connectivity index (χ2v) is 7.24. The first kappa shape index (κ1) is 13.3.